The molecule has 0 radical (unpaired) electrons. The predicted octanol–water partition coefficient (Wildman–Crippen LogP) is 3.69. The Balaban J connectivity index is 1.97. The molecule has 0 aliphatic carbocycles. The topological polar surface area (TPSA) is 66.0 Å². The minimum absolute atomic E-state index is 0.0220. The molecule has 0 saturated heterocycles. The van der Waals surface area contributed by atoms with E-state index < -0.39 is 11.6 Å². The third kappa shape index (κ3) is 6.06. The van der Waals surface area contributed by atoms with E-state index in [4.69, 9.17) is 11.6 Å². The van der Waals surface area contributed by atoms with Crippen LogP contribution in [0.5, 0.6) is 0 Å². The second-order valence-electron chi connectivity index (χ2n) is 5.31. The molecule has 2 N–H and O–H groups in total. The fourth-order valence-corrected chi connectivity index (χ4v) is 2.40. The van der Waals surface area contributed by atoms with Gasteiger partial charge in [0.1, 0.15) is 11.6 Å². The Morgan fingerprint density at radius 2 is 1.80 bits per heavy atom. The fraction of sp³-hybridized carbons (Fsp3) is 0.438. The third-order valence-corrected chi connectivity index (χ3v) is 3.78. The molecule has 0 bridgehead atoms. The van der Waals surface area contributed by atoms with Crippen molar-refractivity contribution in [2.45, 2.75) is 20.3 Å². The lowest BCUT2D eigenvalue weighted by Gasteiger charge is -2.17. The lowest BCUT2D eigenvalue weighted by Crippen LogP contribution is -2.25. The summed E-state index contributed by atoms with van der Waals surface area (Å²) in [6.07, 6.45) is 0.917. The van der Waals surface area contributed by atoms with Gasteiger partial charge in [-0.15, -0.1) is 0 Å². The van der Waals surface area contributed by atoms with Crippen molar-refractivity contribution >= 4 is 29.2 Å². The number of anilines is 3. The summed E-state index contributed by atoms with van der Waals surface area (Å²) in [7, 11) is 0. The maximum absolute atomic E-state index is 13.7. The summed E-state index contributed by atoms with van der Waals surface area (Å²) in [5, 5.41) is 5.72. The molecule has 1 aromatic carbocycles. The highest BCUT2D eigenvalue weighted by atomic mass is 35.5. The van der Waals surface area contributed by atoms with Crippen molar-refractivity contribution in [3.8, 4) is 0 Å². The minimum atomic E-state index is -0.745. The second-order valence-corrected chi connectivity index (χ2v) is 5.65. The van der Waals surface area contributed by atoms with Gasteiger partial charge in [-0.05, 0) is 49.8 Å². The van der Waals surface area contributed by atoms with Crippen molar-refractivity contribution < 1.29 is 8.78 Å². The van der Waals surface area contributed by atoms with Gasteiger partial charge in [-0.2, -0.15) is 15.0 Å². The highest BCUT2D eigenvalue weighted by Crippen LogP contribution is 2.19. The second kappa shape index (κ2) is 9.43. The zero-order chi connectivity index (χ0) is 18.2. The van der Waals surface area contributed by atoms with Crippen LogP contribution in [0.25, 0.3) is 0 Å². The van der Waals surface area contributed by atoms with Crippen LogP contribution in [0.3, 0.4) is 0 Å². The Hall–Kier alpha value is -2.06. The van der Waals surface area contributed by atoms with Gasteiger partial charge in [-0.1, -0.05) is 13.8 Å². The zero-order valence-corrected chi connectivity index (χ0v) is 14.9. The standard InChI is InChI=1S/C16H21ClF2N6/c1-3-25(4-2)9-5-8-20-15-22-14(17)23-16(24-15)21-13-7-6-11(18)10-12(13)19/h6-7,10H,3-5,8-9H2,1-2H3,(H2,20,21,22,23,24). The van der Waals surface area contributed by atoms with Crippen molar-refractivity contribution in [2.75, 3.05) is 36.8 Å². The van der Waals surface area contributed by atoms with Crippen molar-refractivity contribution in [2.24, 2.45) is 0 Å². The van der Waals surface area contributed by atoms with Crippen molar-refractivity contribution in [1.29, 1.82) is 0 Å². The van der Waals surface area contributed by atoms with Gasteiger partial charge in [0.25, 0.3) is 0 Å². The predicted molar refractivity (Wildman–Crippen MR) is 95.4 cm³/mol. The van der Waals surface area contributed by atoms with E-state index in [1.54, 1.807) is 0 Å². The Kier molecular flexibility index (Phi) is 7.27. The monoisotopic (exact) mass is 370 g/mol. The molecule has 2 rings (SSSR count). The summed E-state index contributed by atoms with van der Waals surface area (Å²) in [6.45, 7) is 7.88. The molecule has 0 aliphatic rings. The molecule has 0 atom stereocenters. The number of aromatic nitrogens is 3. The molecule has 25 heavy (non-hydrogen) atoms. The number of nitrogens with zero attached hydrogens (tertiary/aromatic N) is 4. The van der Waals surface area contributed by atoms with Gasteiger partial charge in [0.05, 0.1) is 5.69 Å². The number of nitrogens with one attached hydrogen (secondary N) is 2. The summed E-state index contributed by atoms with van der Waals surface area (Å²) < 4.78 is 26.7. The van der Waals surface area contributed by atoms with Gasteiger partial charge in [0, 0.05) is 12.6 Å². The molecule has 136 valence electrons. The number of halogens is 3. The maximum atomic E-state index is 13.7. The van der Waals surface area contributed by atoms with Crippen LogP contribution in [0.1, 0.15) is 20.3 Å². The van der Waals surface area contributed by atoms with Crippen LogP contribution in [0.4, 0.5) is 26.4 Å². The molecule has 0 unspecified atom stereocenters. The van der Waals surface area contributed by atoms with E-state index in [2.05, 4.69) is 44.3 Å². The van der Waals surface area contributed by atoms with Crippen LogP contribution in [0.15, 0.2) is 18.2 Å². The van der Waals surface area contributed by atoms with E-state index in [1.807, 2.05) is 0 Å². The lowest BCUT2D eigenvalue weighted by molar-refractivity contribution is 0.303. The summed E-state index contributed by atoms with van der Waals surface area (Å²) in [5.74, 6) is -1.03. The first-order chi connectivity index (χ1) is 12.0. The first-order valence-electron chi connectivity index (χ1n) is 8.11. The summed E-state index contributed by atoms with van der Waals surface area (Å²) in [5.41, 5.74) is 0.0520. The molecular formula is C16H21ClF2N6. The van der Waals surface area contributed by atoms with Crippen molar-refractivity contribution in [3.05, 3.63) is 35.1 Å². The van der Waals surface area contributed by atoms with Gasteiger partial charge in [-0.25, -0.2) is 8.78 Å². The minimum Gasteiger partial charge on any atom is -0.354 e. The molecule has 0 spiro atoms. The average Bonchev–Trinajstić information content (AvgIpc) is 2.57. The number of hydrogen-bond acceptors (Lipinski definition) is 6. The van der Waals surface area contributed by atoms with Crippen LogP contribution < -0.4 is 10.6 Å². The first-order valence-corrected chi connectivity index (χ1v) is 8.49. The fourth-order valence-electron chi connectivity index (χ4n) is 2.24. The third-order valence-electron chi connectivity index (χ3n) is 3.61. The first kappa shape index (κ1) is 19.3. The van der Waals surface area contributed by atoms with E-state index in [9.17, 15) is 8.78 Å². The Morgan fingerprint density at radius 1 is 1.08 bits per heavy atom. The quantitative estimate of drug-likeness (QED) is 0.656. The van der Waals surface area contributed by atoms with E-state index in [0.29, 0.717) is 12.5 Å². The molecule has 0 amide bonds. The molecule has 1 heterocycles. The molecule has 6 nitrogen and oxygen atoms in total. The molecule has 2 aromatic rings. The average molecular weight is 371 g/mol. The number of rotatable bonds is 9. The van der Waals surface area contributed by atoms with Crippen molar-refractivity contribution in [1.82, 2.24) is 19.9 Å². The van der Waals surface area contributed by atoms with E-state index >= 15 is 0 Å². The molecule has 0 aliphatic heterocycles. The lowest BCUT2D eigenvalue weighted by atomic mass is 10.3. The zero-order valence-electron chi connectivity index (χ0n) is 14.2. The number of benzene rings is 1. The summed E-state index contributed by atoms with van der Waals surface area (Å²) >= 11 is 5.89. The molecule has 1 aromatic heterocycles. The summed E-state index contributed by atoms with van der Waals surface area (Å²) in [4.78, 5) is 14.4. The largest absolute Gasteiger partial charge is 0.354 e. The highest BCUT2D eigenvalue weighted by Gasteiger charge is 2.09. The van der Waals surface area contributed by atoms with Gasteiger partial charge in [0.15, 0.2) is 0 Å². The Bertz CT molecular complexity index is 696. The SMILES string of the molecule is CCN(CC)CCCNc1nc(Cl)nc(Nc2ccc(F)cc2F)n1. The Labute approximate surface area is 150 Å². The van der Waals surface area contributed by atoms with E-state index in [1.165, 1.54) is 6.07 Å². The summed E-state index contributed by atoms with van der Waals surface area (Å²) in [6, 6.07) is 3.18. The van der Waals surface area contributed by atoms with Crippen LogP contribution in [0, 0.1) is 11.6 Å². The van der Waals surface area contributed by atoms with Crippen LogP contribution in [-0.2, 0) is 0 Å². The van der Waals surface area contributed by atoms with Gasteiger partial charge >= 0.3 is 0 Å². The van der Waals surface area contributed by atoms with Gasteiger partial charge < -0.3 is 15.5 Å². The molecule has 0 saturated carbocycles. The van der Waals surface area contributed by atoms with Crippen LogP contribution in [-0.4, -0.2) is 46.0 Å². The Morgan fingerprint density at radius 3 is 2.48 bits per heavy atom. The van der Waals surface area contributed by atoms with Gasteiger partial charge in [0.2, 0.25) is 17.2 Å². The van der Waals surface area contributed by atoms with E-state index in [0.717, 1.165) is 38.2 Å². The smallest absolute Gasteiger partial charge is 0.233 e. The maximum Gasteiger partial charge on any atom is 0.233 e. The van der Waals surface area contributed by atoms with Crippen LogP contribution >= 0.6 is 11.6 Å². The molecule has 0 fully saturated rings. The van der Waals surface area contributed by atoms with Crippen LogP contribution in [0.2, 0.25) is 5.28 Å². The van der Waals surface area contributed by atoms with Crippen molar-refractivity contribution in [3.63, 3.8) is 0 Å². The normalized spacial score (nSPS) is 11.0. The number of hydrogen-bond donors (Lipinski definition) is 2. The van der Waals surface area contributed by atoms with E-state index in [-0.39, 0.29) is 16.9 Å². The highest BCUT2D eigenvalue weighted by molar-refractivity contribution is 6.28. The molecule has 9 heteroatoms. The van der Waals surface area contributed by atoms with Gasteiger partial charge in [-0.3, -0.25) is 0 Å². The molecular weight excluding hydrogens is 350 g/mol.